The second kappa shape index (κ2) is 15.1. The van der Waals surface area contributed by atoms with E-state index in [0.717, 1.165) is 12.8 Å². The van der Waals surface area contributed by atoms with Gasteiger partial charge in [-0.3, -0.25) is 0 Å². The molecular formula is C18H36N4O2. The summed E-state index contributed by atoms with van der Waals surface area (Å²) in [4.78, 5) is 10.0. The van der Waals surface area contributed by atoms with Gasteiger partial charge in [-0.2, -0.15) is 0 Å². The Kier molecular flexibility index (Phi) is 14.3. The number of nitrogens with two attached hydrogens (primary N) is 2. The fourth-order valence-corrected chi connectivity index (χ4v) is 2.34. The average Bonchev–Trinajstić information content (AvgIpc) is 2.97. The van der Waals surface area contributed by atoms with Crippen molar-refractivity contribution >= 4 is 5.97 Å². The molecule has 6 heteroatoms. The molecule has 140 valence electrons. The second-order valence-corrected chi connectivity index (χ2v) is 6.29. The molecule has 0 saturated heterocycles. The van der Waals surface area contributed by atoms with Crippen molar-refractivity contribution in [2.75, 3.05) is 6.54 Å². The summed E-state index contributed by atoms with van der Waals surface area (Å²) >= 11 is 0. The normalized spacial score (nSPS) is 11.7. The van der Waals surface area contributed by atoms with E-state index in [1.165, 1.54) is 45.1 Å². The van der Waals surface area contributed by atoms with Gasteiger partial charge in [0, 0.05) is 6.04 Å². The van der Waals surface area contributed by atoms with Gasteiger partial charge in [-0.25, -0.2) is 9.13 Å². The van der Waals surface area contributed by atoms with Crippen LogP contribution in [0.4, 0.5) is 0 Å². The van der Waals surface area contributed by atoms with Crippen LogP contribution in [0.1, 0.15) is 64.7 Å². The third kappa shape index (κ3) is 13.1. The zero-order valence-electron chi connectivity index (χ0n) is 15.5. The first-order valence-corrected chi connectivity index (χ1v) is 9.18. The first-order valence-electron chi connectivity index (χ1n) is 9.18. The molecule has 0 aromatic carbocycles. The van der Waals surface area contributed by atoms with Crippen LogP contribution in [0.15, 0.2) is 18.7 Å². The van der Waals surface area contributed by atoms with Gasteiger partial charge in [0.15, 0.2) is 0 Å². The molecule has 0 saturated carbocycles. The van der Waals surface area contributed by atoms with Gasteiger partial charge >= 0.3 is 0 Å². The Morgan fingerprint density at radius 3 is 2.38 bits per heavy atom. The maximum absolute atomic E-state index is 10.0. The Morgan fingerprint density at radius 2 is 1.83 bits per heavy atom. The number of aryl methyl sites for hydroxylation is 2. The summed E-state index contributed by atoms with van der Waals surface area (Å²) in [7, 11) is 2.07. The summed E-state index contributed by atoms with van der Waals surface area (Å²) in [6.45, 7) is 4.02. The number of hydrogen-bond acceptors (Lipinski definition) is 4. The van der Waals surface area contributed by atoms with E-state index in [-0.39, 0.29) is 0 Å². The van der Waals surface area contributed by atoms with Crippen molar-refractivity contribution < 1.29 is 14.5 Å². The Balaban J connectivity index is 0.000000470. The number of aliphatic carboxylic acids is 1. The number of carboxylic acids is 1. The van der Waals surface area contributed by atoms with Crippen LogP contribution < -0.4 is 21.1 Å². The van der Waals surface area contributed by atoms with E-state index in [9.17, 15) is 9.90 Å². The van der Waals surface area contributed by atoms with E-state index in [0.29, 0.717) is 13.0 Å². The van der Waals surface area contributed by atoms with Gasteiger partial charge in [0.25, 0.3) is 0 Å². The molecule has 1 unspecified atom stereocenters. The van der Waals surface area contributed by atoms with Gasteiger partial charge in [0.05, 0.1) is 19.6 Å². The maximum Gasteiger partial charge on any atom is 0.243 e. The number of imidazole rings is 1. The number of carbonyl (C=O) groups excluding carboxylic acids is 1. The van der Waals surface area contributed by atoms with E-state index in [1.54, 1.807) is 0 Å². The molecule has 1 aromatic rings. The highest BCUT2D eigenvalue weighted by molar-refractivity contribution is 5.70. The Bertz CT molecular complexity index is 421. The minimum Gasteiger partial charge on any atom is -0.548 e. The van der Waals surface area contributed by atoms with E-state index < -0.39 is 12.0 Å². The second-order valence-electron chi connectivity index (χ2n) is 6.29. The van der Waals surface area contributed by atoms with Crippen molar-refractivity contribution in [2.45, 2.75) is 77.3 Å². The van der Waals surface area contributed by atoms with Crippen LogP contribution in [-0.4, -0.2) is 23.1 Å². The summed E-state index contributed by atoms with van der Waals surface area (Å²) in [6.07, 6.45) is 16.7. The average molecular weight is 341 g/mol. The number of nitrogens with zero attached hydrogens (tertiary/aromatic N) is 2. The van der Waals surface area contributed by atoms with Crippen molar-refractivity contribution in [3.8, 4) is 0 Å². The number of carbonyl (C=O) groups is 1. The molecule has 0 bridgehead atoms. The van der Waals surface area contributed by atoms with E-state index >= 15 is 0 Å². The fourth-order valence-electron chi connectivity index (χ4n) is 2.34. The molecule has 6 nitrogen and oxygen atoms in total. The fraction of sp³-hybridized carbons (Fsp3) is 0.778. The highest BCUT2D eigenvalue weighted by Crippen LogP contribution is 2.05. The molecule has 4 N–H and O–H groups in total. The lowest BCUT2D eigenvalue weighted by Gasteiger charge is -2.10. The first-order chi connectivity index (χ1) is 11.5. The largest absolute Gasteiger partial charge is 0.548 e. The molecule has 0 aliphatic rings. The zero-order chi connectivity index (χ0) is 18.2. The summed E-state index contributed by atoms with van der Waals surface area (Å²) < 4.78 is 4.36. The third-order valence-electron chi connectivity index (χ3n) is 3.87. The Morgan fingerprint density at radius 1 is 1.17 bits per heavy atom. The molecule has 1 rings (SSSR count). The number of rotatable bonds is 12. The number of hydrogen-bond donors (Lipinski definition) is 2. The standard InChI is InChI=1S/C12H23N2.C6H14N2O2/c1-3-4-5-6-7-8-9-14-11-10-13(2)12-14;7-4-2-1-3-5(8)6(9)10/h10-12H,3-9H2,1-2H3;5H,1-4,7-8H2,(H,9,10)/q+1;/p-1. The minimum atomic E-state index is -1.18. The van der Waals surface area contributed by atoms with Crippen LogP contribution in [0.2, 0.25) is 0 Å². The minimum absolute atomic E-state index is 0.458. The highest BCUT2D eigenvalue weighted by Gasteiger charge is 2.01. The summed E-state index contributed by atoms with van der Waals surface area (Å²) in [6, 6.07) is -0.827. The van der Waals surface area contributed by atoms with E-state index in [2.05, 4.69) is 41.8 Å². The van der Waals surface area contributed by atoms with Crippen LogP contribution in [0, 0.1) is 0 Å². The number of aromatic nitrogens is 2. The van der Waals surface area contributed by atoms with Crippen LogP contribution >= 0.6 is 0 Å². The van der Waals surface area contributed by atoms with Gasteiger partial charge in [0.1, 0.15) is 12.4 Å². The van der Waals surface area contributed by atoms with E-state index in [1.807, 2.05) is 0 Å². The molecular weight excluding hydrogens is 304 g/mol. The quantitative estimate of drug-likeness (QED) is 0.435. The molecule has 1 heterocycles. The summed E-state index contributed by atoms with van der Waals surface area (Å²) in [5.41, 5.74) is 10.3. The molecule has 24 heavy (non-hydrogen) atoms. The van der Waals surface area contributed by atoms with Crippen LogP contribution in [-0.2, 0) is 18.4 Å². The monoisotopic (exact) mass is 340 g/mol. The molecule has 0 amide bonds. The van der Waals surface area contributed by atoms with Crippen molar-refractivity contribution in [1.29, 1.82) is 0 Å². The van der Waals surface area contributed by atoms with Crippen molar-refractivity contribution in [3.05, 3.63) is 18.7 Å². The lowest BCUT2D eigenvalue weighted by Crippen LogP contribution is -2.41. The van der Waals surface area contributed by atoms with Crippen molar-refractivity contribution in [3.63, 3.8) is 0 Å². The Hall–Kier alpha value is -1.40. The zero-order valence-corrected chi connectivity index (χ0v) is 15.5. The molecule has 0 radical (unpaired) electrons. The highest BCUT2D eigenvalue weighted by atomic mass is 16.4. The van der Waals surface area contributed by atoms with Crippen LogP contribution in [0.5, 0.6) is 0 Å². The van der Waals surface area contributed by atoms with Gasteiger partial charge in [0.2, 0.25) is 6.33 Å². The molecule has 1 atom stereocenters. The molecule has 0 spiro atoms. The van der Waals surface area contributed by atoms with Gasteiger partial charge in [-0.1, -0.05) is 39.0 Å². The lowest BCUT2D eigenvalue weighted by atomic mass is 10.1. The van der Waals surface area contributed by atoms with Crippen LogP contribution in [0.25, 0.3) is 0 Å². The van der Waals surface area contributed by atoms with Crippen molar-refractivity contribution in [2.24, 2.45) is 18.5 Å². The maximum atomic E-state index is 10.0. The van der Waals surface area contributed by atoms with Gasteiger partial charge in [-0.15, -0.1) is 0 Å². The molecule has 0 aliphatic carbocycles. The van der Waals surface area contributed by atoms with Gasteiger partial charge in [-0.05, 0) is 32.2 Å². The summed E-state index contributed by atoms with van der Waals surface area (Å²) in [5.74, 6) is -1.18. The molecule has 0 aliphatic heterocycles. The topological polar surface area (TPSA) is 101 Å². The number of unbranched alkanes of at least 4 members (excludes halogenated alkanes) is 6. The molecule has 1 aromatic heterocycles. The predicted octanol–water partition coefficient (Wildman–Crippen LogP) is 0.866. The Labute approximate surface area is 146 Å². The molecule has 0 fully saturated rings. The lowest BCUT2D eigenvalue weighted by molar-refractivity contribution is -0.671. The summed E-state index contributed by atoms with van der Waals surface area (Å²) in [5, 5.41) is 10.0. The van der Waals surface area contributed by atoms with E-state index in [4.69, 9.17) is 11.5 Å². The van der Waals surface area contributed by atoms with Crippen molar-refractivity contribution in [1.82, 2.24) is 4.57 Å². The smallest absolute Gasteiger partial charge is 0.243 e. The SMILES string of the molecule is CCCCCCCCn1cc[n+](C)c1.NCCCCC(N)C(=O)[O-]. The third-order valence-corrected chi connectivity index (χ3v) is 3.87. The van der Waals surface area contributed by atoms with Crippen LogP contribution in [0.3, 0.4) is 0 Å². The van der Waals surface area contributed by atoms with Gasteiger partial charge < -0.3 is 21.4 Å². The predicted molar refractivity (Wildman–Crippen MR) is 94.9 cm³/mol. The number of carboxylic acid groups (broad SMARTS) is 1. The first kappa shape index (κ1) is 22.6.